The summed E-state index contributed by atoms with van der Waals surface area (Å²) in [5, 5.41) is 1.83. The van der Waals surface area contributed by atoms with Crippen LogP contribution in [0.3, 0.4) is 0 Å². The molecule has 2 aromatic heterocycles. The van der Waals surface area contributed by atoms with Gasteiger partial charge in [0.1, 0.15) is 11.4 Å². The van der Waals surface area contributed by atoms with Crippen LogP contribution in [-0.4, -0.2) is 57.8 Å². The first-order valence-electron chi connectivity index (χ1n) is 13.8. The van der Waals surface area contributed by atoms with E-state index in [1.807, 2.05) is 46.2 Å². The van der Waals surface area contributed by atoms with Gasteiger partial charge in [0.05, 0.1) is 11.0 Å². The fourth-order valence-corrected chi connectivity index (χ4v) is 4.36. The van der Waals surface area contributed by atoms with Crippen LogP contribution in [0.5, 0.6) is 0 Å². The molecule has 0 N–H and O–H groups in total. The molecule has 0 radical (unpaired) electrons. The summed E-state index contributed by atoms with van der Waals surface area (Å²) in [5.41, 5.74) is 2.22. The van der Waals surface area contributed by atoms with E-state index < -0.39 is 0 Å². The Bertz CT molecular complexity index is 1050. The van der Waals surface area contributed by atoms with Crippen molar-refractivity contribution in [3.05, 3.63) is 47.8 Å². The molecule has 0 spiro atoms. The number of fused-ring (bicyclic) bond motifs is 3. The second-order valence-electron chi connectivity index (χ2n) is 9.60. The summed E-state index contributed by atoms with van der Waals surface area (Å²) < 4.78 is 0. The molecule has 1 aromatic carbocycles. The number of rotatable bonds is 14. The number of carbonyl (C=O) groups is 2. The van der Waals surface area contributed by atoms with Crippen molar-refractivity contribution in [2.75, 3.05) is 26.2 Å². The summed E-state index contributed by atoms with van der Waals surface area (Å²) in [6, 6.07) is 11.5. The van der Waals surface area contributed by atoms with Crippen LogP contribution in [0, 0.1) is 0 Å². The highest BCUT2D eigenvalue weighted by atomic mass is 16.2. The molecule has 36 heavy (non-hydrogen) atoms. The van der Waals surface area contributed by atoms with Gasteiger partial charge in [0.2, 0.25) is 0 Å². The molecule has 0 atom stereocenters. The Morgan fingerprint density at radius 2 is 0.861 bits per heavy atom. The van der Waals surface area contributed by atoms with Crippen molar-refractivity contribution in [1.29, 1.82) is 0 Å². The van der Waals surface area contributed by atoms with Gasteiger partial charge in [0.25, 0.3) is 11.8 Å². The van der Waals surface area contributed by atoms with Gasteiger partial charge in [-0.15, -0.1) is 0 Å². The maximum absolute atomic E-state index is 13.4. The van der Waals surface area contributed by atoms with Gasteiger partial charge in [-0.05, 0) is 37.8 Å². The standard InChI is InChI=1S/C30H42N4O2/c1-5-9-19-33(20-10-6-2)29(35)25-17-15-23-13-14-24-16-18-26(32-28(24)27(23)31-25)30(36)34(21-11-7-3)22-12-8-4/h13-18H,5-12,19-22H2,1-4H3. The number of hydrogen-bond donors (Lipinski definition) is 0. The molecule has 0 aliphatic carbocycles. The predicted molar refractivity (Wildman–Crippen MR) is 148 cm³/mol. The van der Waals surface area contributed by atoms with E-state index in [2.05, 4.69) is 27.7 Å². The zero-order chi connectivity index (χ0) is 25.9. The van der Waals surface area contributed by atoms with Crippen LogP contribution in [0.15, 0.2) is 36.4 Å². The van der Waals surface area contributed by atoms with Crippen LogP contribution >= 0.6 is 0 Å². The molecule has 3 aromatic rings. The summed E-state index contributed by atoms with van der Waals surface area (Å²) in [7, 11) is 0. The van der Waals surface area contributed by atoms with Gasteiger partial charge in [-0.1, -0.05) is 77.6 Å². The van der Waals surface area contributed by atoms with Gasteiger partial charge in [-0.25, -0.2) is 9.97 Å². The fraction of sp³-hybridized carbons (Fsp3) is 0.533. The average Bonchev–Trinajstić information content (AvgIpc) is 2.91. The van der Waals surface area contributed by atoms with E-state index in [0.29, 0.717) is 22.4 Å². The smallest absolute Gasteiger partial charge is 0.272 e. The van der Waals surface area contributed by atoms with Crippen LogP contribution in [0.1, 0.15) is 100 Å². The number of benzene rings is 1. The van der Waals surface area contributed by atoms with Crippen LogP contribution in [0.2, 0.25) is 0 Å². The van der Waals surface area contributed by atoms with Gasteiger partial charge < -0.3 is 9.80 Å². The second kappa shape index (κ2) is 13.9. The number of aromatic nitrogens is 2. The van der Waals surface area contributed by atoms with Gasteiger partial charge in [0.15, 0.2) is 0 Å². The minimum absolute atomic E-state index is 0.0339. The number of nitrogens with zero attached hydrogens (tertiary/aromatic N) is 4. The molecular formula is C30H42N4O2. The summed E-state index contributed by atoms with van der Waals surface area (Å²) in [4.78, 5) is 40.2. The lowest BCUT2D eigenvalue weighted by Gasteiger charge is -2.22. The quantitative estimate of drug-likeness (QED) is 0.231. The highest BCUT2D eigenvalue weighted by Crippen LogP contribution is 2.24. The molecule has 2 heterocycles. The van der Waals surface area contributed by atoms with Crippen LogP contribution in [0.4, 0.5) is 0 Å². The summed E-state index contributed by atoms with van der Waals surface area (Å²) in [6.45, 7) is 11.5. The highest BCUT2D eigenvalue weighted by molar-refractivity contribution is 6.06. The Labute approximate surface area is 216 Å². The number of carbonyl (C=O) groups excluding carboxylic acids is 2. The number of unbranched alkanes of at least 4 members (excludes halogenated alkanes) is 4. The summed E-state index contributed by atoms with van der Waals surface area (Å²) >= 11 is 0. The Morgan fingerprint density at radius 3 is 1.17 bits per heavy atom. The largest absolute Gasteiger partial charge is 0.337 e. The number of pyridine rings is 2. The summed E-state index contributed by atoms with van der Waals surface area (Å²) in [6.07, 6.45) is 8.08. The number of hydrogen-bond acceptors (Lipinski definition) is 4. The minimum atomic E-state index is -0.0339. The van der Waals surface area contributed by atoms with Gasteiger partial charge in [-0.2, -0.15) is 0 Å². The molecule has 0 aliphatic rings. The third-order valence-corrected chi connectivity index (χ3v) is 6.66. The Kier molecular flexibility index (Phi) is 10.6. The first-order chi connectivity index (χ1) is 17.5. The second-order valence-corrected chi connectivity index (χ2v) is 9.60. The van der Waals surface area contributed by atoms with Crippen LogP contribution < -0.4 is 0 Å². The van der Waals surface area contributed by atoms with Gasteiger partial charge in [-0.3, -0.25) is 9.59 Å². The predicted octanol–water partition coefficient (Wildman–Crippen LogP) is 6.87. The molecule has 6 nitrogen and oxygen atoms in total. The lowest BCUT2D eigenvalue weighted by Crippen LogP contribution is -2.33. The normalized spacial score (nSPS) is 11.2. The molecule has 0 saturated heterocycles. The van der Waals surface area contributed by atoms with E-state index in [9.17, 15) is 9.59 Å². The SMILES string of the molecule is CCCCN(CCCC)C(=O)c1ccc2ccc3ccc(C(=O)N(CCCC)CCCC)nc3c2n1. The monoisotopic (exact) mass is 490 g/mol. The van der Waals surface area contributed by atoms with E-state index in [4.69, 9.17) is 9.97 Å². The van der Waals surface area contributed by atoms with Crippen molar-refractivity contribution >= 4 is 33.6 Å². The topological polar surface area (TPSA) is 66.4 Å². The highest BCUT2D eigenvalue weighted by Gasteiger charge is 2.20. The zero-order valence-electron chi connectivity index (χ0n) is 22.6. The Balaban J connectivity index is 2.00. The molecule has 0 bridgehead atoms. The van der Waals surface area contributed by atoms with E-state index in [-0.39, 0.29) is 11.8 Å². The van der Waals surface area contributed by atoms with Crippen molar-refractivity contribution in [3.63, 3.8) is 0 Å². The lowest BCUT2D eigenvalue weighted by molar-refractivity contribution is 0.0738. The van der Waals surface area contributed by atoms with E-state index in [1.165, 1.54) is 0 Å². The lowest BCUT2D eigenvalue weighted by atomic mass is 10.1. The van der Waals surface area contributed by atoms with Crippen molar-refractivity contribution in [3.8, 4) is 0 Å². The summed E-state index contributed by atoms with van der Waals surface area (Å²) in [5.74, 6) is -0.0679. The van der Waals surface area contributed by atoms with Gasteiger partial charge >= 0.3 is 0 Å². The molecule has 6 heteroatoms. The maximum atomic E-state index is 13.4. The molecule has 0 saturated carbocycles. The zero-order valence-corrected chi connectivity index (χ0v) is 22.6. The number of amides is 2. The molecular weight excluding hydrogens is 448 g/mol. The van der Waals surface area contributed by atoms with Crippen LogP contribution in [-0.2, 0) is 0 Å². The third kappa shape index (κ3) is 6.80. The van der Waals surface area contributed by atoms with Crippen molar-refractivity contribution in [1.82, 2.24) is 19.8 Å². The molecule has 2 amide bonds. The molecule has 194 valence electrons. The first kappa shape index (κ1) is 27.6. The third-order valence-electron chi connectivity index (χ3n) is 6.66. The fourth-order valence-electron chi connectivity index (χ4n) is 4.36. The van der Waals surface area contributed by atoms with E-state index in [0.717, 1.165) is 88.3 Å². The molecule has 0 aliphatic heterocycles. The average molecular weight is 491 g/mol. The van der Waals surface area contributed by atoms with Gasteiger partial charge in [0, 0.05) is 37.0 Å². The van der Waals surface area contributed by atoms with Crippen molar-refractivity contribution in [2.45, 2.75) is 79.1 Å². The Hall–Kier alpha value is -3.02. The molecule has 0 fully saturated rings. The Morgan fingerprint density at radius 1 is 0.556 bits per heavy atom. The van der Waals surface area contributed by atoms with Crippen LogP contribution in [0.25, 0.3) is 21.8 Å². The minimum Gasteiger partial charge on any atom is -0.337 e. The molecule has 3 rings (SSSR count). The van der Waals surface area contributed by atoms with E-state index in [1.54, 1.807) is 0 Å². The molecule has 0 unspecified atom stereocenters. The van der Waals surface area contributed by atoms with E-state index >= 15 is 0 Å². The maximum Gasteiger partial charge on any atom is 0.272 e. The van der Waals surface area contributed by atoms with Crippen molar-refractivity contribution in [2.24, 2.45) is 0 Å². The first-order valence-corrected chi connectivity index (χ1v) is 13.8. The van der Waals surface area contributed by atoms with Crippen molar-refractivity contribution < 1.29 is 9.59 Å².